The van der Waals surface area contributed by atoms with Gasteiger partial charge in [0.05, 0.1) is 13.1 Å². The van der Waals surface area contributed by atoms with Crippen LogP contribution in [0.3, 0.4) is 0 Å². The molecule has 2 rings (SSSR count). The van der Waals surface area contributed by atoms with E-state index in [9.17, 15) is 9.59 Å². The molecule has 7 nitrogen and oxygen atoms in total. The van der Waals surface area contributed by atoms with Gasteiger partial charge in [-0.2, -0.15) is 0 Å². The lowest BCUT2D eigenvalue weighted by Crippen LogP contribution is -2.41. The van der Waals surface area contributed by atoms with Crippen molar-refractivity contribution in [1.82, 2.24) is 10.2 Å². The van der Waals surface area contributed by atoms with E-state index in [1.807, 2.05) is 13.8 Å². The van der Waals surface area contributed by atoms with E-state index in [4.69, 9.17) is 9.47 Å². The maximum atomic E-state index is 12.0. The predicted octanol–water partition coefficient (Wildman–Crippen LogP) is 0.810. The molecule has 0 saturated carbocycles. The van der Waals surface area contributed by atoms with Gasteiger partial charge in [0.1, 0.15) is 0 Å². The lowest BCUT2D eigenvalue weighted by molar-refractivity contribution is -0.123. The van der Waals surface area contributed by atoms with E-state index in [1.54, 1.807) is 30.1 Å². The molecule has 22 heavy (non-hydrogen) atoms. The molecule has 0 spiro atoms. The number of carbonyl (C=O) groups is 2. The molecule has 7 heteroatoms. The number of nitrogens with zero attached hydrogens (tertiary/aromatic N) is 1. The maximum absolute atomic E-state index is 12.0. The van der Waals surface area contributed by atoms with E-state index in [0.717, 1.165) is 0 Å². The summed E-state index contributed by atoms with van der Waals surface area (Å²) in [6.07, 6.45) is 0. The highest BCUT2D eigenvalue weighted by molar-refractivity contribution is 5.93. The van der Waals surface area contributed by atoms with Crippen molar-refractivity contribution in [1.29, 1.82) is 0 Å². The zero-order valence-corrected chi connectivity index (χ0v) is 13.0. The van der Waals surface area contributed by atoms with E-state index in [0.29, 0.717) is 17.2 Å². The minimum absolute atomic E-state index is 0.0864. The Kier molecular flexibility index (Phi) is 5.21. The summed E-state index contributed by atoms with van der Waals surface area (Å²) in [5, 5.41) is 5.55. The molecule has 0 bridgehead atoms. The molecule has 0 aromatic heterocycles. The van der Waals surface area contributed by atoms with Gasteiger partial charge in [-0.1, -0.05) is 0 Å². The minimum atomic E-state index is -0.196. The van der Waals surface area contributed by atoms with Crippen LogP contribution in [0.1, 0.15) is 13.8 Å². The number of carbonyl (C=O) groups excluding carboxylic acids is 2. The maximum Gasteiger partial charge on any atom is 0.238 e. The van der Waals surface area contributed by atoms with E-state index in [-0.39, 0.29) is 37.7 Å². The Morgan fingerprint density at radius 2 is 1.86 bits per heavy atom. The molecular weight excluding hydrogens is 286 g/mol. The third-order valence-electron chi connectivity index (χ3n) is 2.93. The highest BCUT2D eigenvalue weighted by Gasteiger charge is 2.15. The molecule has 1 aromatic rings. The highest BCUT2D eigenvalue weighted by atomic mass is 16.7. The van der Waals surface area contributed by atoms with Gasteiger partial charge in [0.15, 0.2) is 11.5 Å². The zero-order chi connectivity index (χ0) is 16.1. The van der Waals surface area contributed by atoms with Gasteiger partial charge in [0.2, 0.25) is 18.6 Å². The number of likely N-dealkylation sites (N-methyl/N-ethyl adjacent to an activating group) is 1. The molecule has 2 amide bonds. The SMILES string of the molecule is CC(C)NC(=O)CN(C)CC(=O)Nc1ccc2c(c1)OCO2. The molecule has 0 atom stereocenters. The fourth-order valence-electron chi connectivity index (χ4n) is 2.09. The van der Waals surface area contributed by atoms with Crippen LogP contribution in [-0.4, -0.2) is 49.7 Å². The second-order valence-corrected chi connectivity index (χ2v) is 5.51. The smallest absolute Gasteiger partial charge is 0.238 e. The highest BCUT2D eigenvalue weighted by Crippen LogP contribution is 2.34. The molecule has 2 N–H and O–H groups in total. The van der Waals surface area contributed by atoms with Crippen LogP contribution in [0.25, 0.3) is 0 Å². The number of fused-ring (bicyclic) bond motifs is 1. The Labute approximate surface area is 129 Å². The molecule has 1 heterocycles. The van der Waals surface area contributed by atoms with Crippen LogP contribution in [0.5, 0.6) is 11.5 Å². The molecule has 1 aliphatic heterocycles. The van der Waals surface area contributed by atoms with Gasteiger partial charge in [-0.25, -0.2) is 0 Å². The second kappa shape index (κ2) is 7.13. The molecule has 0 unspecified atom stereocenters. The van der Waals surface area contributed by atoms with E-state index < -0.39 is 0 Å². The van der Waals surface area contributed by atoms with Crippen LogP contribution in [0, 0.1) is 0 Å². The van der Waals surface area contributed by atoms with Crippen molar-refractivity contribution >= 4 is 17.5 Å². The molecule has 0 saturated heterocycles. The molecule has 120 valence electrons. The number of nitrogens with one attached hydrogen (secondary N) is 2. The third kappa shape index (κ3) is 4.63. The first-order valence-corrected chi connectivity index (χ1v) is 7.11. The largest absolute Gasteiger partial charge is 0.454 e. The number of benzene rings is 1. The number of ether oxygens (including phenoxy) is 2. The fraction of sp³-hybridized carbons (Fsp3) is 0.467. The fourth-order valence-corrected chi connectivity index (χ4v) is 2.09. The topological polar surface area (TPSA) is 79.9 Å². The molecule has 0 radical (unpaired) electrons. The normalized spacial score (nSPS) is 12.6. The number of amides is 2. The van der Waals surface area contributed by atoms with Crippen LogP contribution < -0.4 is 20.1 Å². The average Bonchev–Trinajstić information content (AvgIpc) is 2.84. The summed E-state index contributed by atoms with van der Waals surface area (Å²) in [5.41, 5.74) is 0.634. The lowest BCUT2D eigenvalue weighted by Gasteiger charge is -2.17. The van der Waals surface area contributed by atoms with E-state index in [1.165, 1.54) is 0 Å². The van der Waals surface area contributed by atoms with Crippen LogP contribution in [0.4, 0.5) is 5.69 Å². The lowest BCUT2D eigenvalue weighted by atomic mass is 10.2. The van der Waals surface area contributed by atoms with Crippen molar-refractivity contribution in [3.05, 3.63) is 18.2 Å². The van der Waals surface area contributed by atoms with E-state index >= 15 is 0 Å². The number of hydrogen-bond acceptors (Lipinski definition) is 5. The van der Waals surface area contributed by atoms with Crippen LogP contribution in [-0.2, 0) is 9.59 Å². The van der Waals surface area contributed by atoms with Crippen molar-refractivity contribution in [2.75, 3.05) is 32.2 Å². The van der Waals surface area contributed by atoms with Crippen molar-refractivity contribution < 1.29 is 19.1 Å². The van der Waals surface area contributed by atoms with Crippen LogP contribution in [0.2, 0.25) is 0 Å². The minimum Gasteiger partial charge on any atom is -0.454 e. The first-order chi connectivity index (χ1) is 10.4. The Hall–Kier alpha value is -2.28. The average molecular weight is 307 g/mol. The molecule has 1 aliphatic rings. The van der Waals surface area contributed by atoms with E-state index in [2.05, 4.69) is 10.6 Å². The summed E-state index contributed by atoms with van der Waals surface area (Å²) in [6.45, 7) is 4.28. The van der Waals surface area contributed by atoms with Crippen LogP contribution >= 0.6 is 0 Å². The van der Waals surface area contributed by atoms with Gasteiger partial charge >= 0.3 is 0 Å². The Bertz CT molecular complexity index is 560. The summed E-state index contributed by atoms with van der Waals surface area (Å²) < 4.78 is 10.5. The standard InChI is InChI=1S/C15H21N3O4/c1-10(2)16-14(19)7-18(3)8-15(20)17-11-4-5-12-13(6-11)22-9-21-12/h4-6,10H,7-9H2,1-3H3,(H,16,19)(H,17,20). The van der Waals surface area contributed by atoms with Crippen molar-refractivity contribution in [2.24, 2.45) is 0 Å². The Morgan fingerprint density at radius 1 is 1.18 bits per heavy atom. The van der Waals surface area contributed by atoms with Crippen molar-refractivity contribution in [2.45, 2.75) is 19.9 Å². The number of anilines is 1. The summed E-state index contributed by atoms with van der Waals surface area (Å²) in [4.78, 5) is 25.2. The summed E-state index contributed by atoms with van der Waals surface area (Å²) in [5.74, 6) is 0.982. The second-order valence-electron chi connectivity index (χ2n) is 5.51. The van der Waals surface area contributed by atoms with Gasteiger partial charge < -0.3 is 20.1 Å². The molecule has 0 fully saturated rings. The monoisotopic (exact) mass is 307 g/mol. The number of rotatable bonds is 6. The molecular formula is C15H21N3O4. The third-order valence-corrected chi connectivity index (χ3v) is 2.93. The summed E-state index contributed by atoms with van der Waals surface area (Å²) in [6, 6.07) is 5.30. The zero-order valence-electron chi connectivity index (χ0n) is 13.0. The predicted molar refractivity (Wildman–Crippen MR) is 82.0 cm³/mol. The van der Waals surface area contributed by atoms with Crippen molar-refractivity contribution in [3.63, 3.8) is 0 Å². The molecule has 0 aliphatic carbocycles. The quantitative estimate of drug-likeness (QED) is 0.813. The van der Waals surface area contributed by atoms with Gasteiger partial charge in [0.25, 0.3) is 0 Å². The molecule has 1 aromatic carbocycles. The number of hydrogen-bond donors (Lipinski definition) is 2. The Morgan fingerprint density at radius 3 is 2.59 bits per heavy atom. The van der Waals surface area contributed by atoms with Gasteiger partial charge in [-0.15, -0.1) is 0 Å². The van der Waals surface area contributed by atoms with Gasteiger partial charge in [-0.3, -0.25) is 14.5 Å². The summed E-state index contributed by atoms with van der Waals surface area (Å²) >= 11 is 0. The first-order valence-electron chi connectivity index (χ1n) is 7.11. The Balaban J connectivity index is 1.81. The van der Waals surface area contributed by atoms with Gasteiger partial charge in [-0.05, 0) is 33.0 Å². The summed E-state index contributed by atoms with van der Waals surface area (Å²) in [7, 11) is 1.72. The van der Waals surface area contributed by atoms with Gasteiger partial charge in [0, 0.05) is 17.8 Å². The van der Waals surface area contributed by atoms with Crippen molar-refractivity contribution in [3.8, 4) is 11.5 Å². The first kappa shape index (κ1) is 16.1. The van der Waals surface area contributed by atoms with Crippen LogP contribution in [0.15, 0.2) is 18.2 Å².